The second kappa shape index (κ2) is 7.10. The second-order valence-electron chi connectivity index (χ2n) is 5.89. The molecule has 0 spiro atoms. The van der Waals surface area contributed by atoms with E-state index in [2.05, 4.69) is 5.32 Å². The summed E-state index contributed by atoms with van der Waals surface area (Å²) < 4.78 is 5.33. The van der Waals surface area contributed by atoms with Crippen molar-refractivity contribution in [2.24, 2.45) is 5.92 Å². The van der Waals surface area contributed by atoms with Crippen molar-refractivity contribution < 1.29 is 14.6 Å². The van der Waals surface area contributed by atoms with E-state index in [0.717, 1.165) is 58.3 Å². The Morgan fingerprint density at radius 1 is 1.21 bits per heavy atom. The molecule has 5 heteroatoms. The molecule has 0 atom stereocenters. The lowest BCUT2D eigenvalue weighted by Crippen LogP contribution is -2.46. The van der Waals surface area contributed by atoms with Crippen molar-refractivity contribution in [3.05, 3.63) is 0 Å². The molecule has 1 aliphatic heterocycles. The van der Waals surface area contributed by atoms with E-state index in [9.17, 15) is 9.90 Å². The molecule has 2 aliphatic rings. The van der Waals surface area contributed by atoms with Crippen LogP contribution >= 0.6 is 0 Å². The van der Waals surface area contributed by atoms with E-state index in [-0.39, 0.29) is 18.2 Å². The predicted molar refractivity (Wildman–Crippen MR) is 73.0 cm³/mol. The summed E-state index contributed by atoms with van der Waals surface area (Å²) in [5.74, 6) is 0.567. The summed E-state index contributed by atoms with van der Waals surface area (Å²) >= 11 is 0. The van der Waals surface area contributed by atoms with Gasteiger partial charge >= 0.3 is 6.03 Å². The molecule has 2 rings (SSSR count). The minimum Gasteiger partial charge on any atom is -0.393 e. The fourth-order valence-electron chi connectivity index (χ4n) is 2.90. The molecule has 19 heavy (non-hydrogen) atoms. The van der Waals surface area contributed by atoms with E-state index in [1.54, 1.807) is 4.90 Å². The fourth-order valence-corrected chi connectivity index (χ4v) is 2.90. The zero-order chi connectivity index (χ0) is 13.7. The molecule has 0 aromatic heterocycles. The maximum Gasteiger partial charge on any atom is 0.317 e. The summed E-state index contributed by atoms with van der Waals surface area (Å²) in [4.78, 5) is 13.9. The van der Waals surface area contributed by atoms with E-state index in [4.69, 9.17) is 4.74 Å². The van der Waals surface area contributed by atoms with Crippen molar-refractivity contribution >= 4 is 6.03 Å². The number of hydrogen-bond donors (Lipinski definition) is 2. The fraction of sp³-hybridized carbons (Fsp3) is 0.929. The third kappa shape index (κ3) is 4.66. The van der Waals surface area contributed by atoms with E-state index in [0.29, 0.717) is 5.92 Å². The van der Waals surface area contributed by atoms with Gasteiger partial charge in [0.2, 0.25) is 0 Å². The van der Waals surface area contributed by atoms with E-state index < -0.39 is 0 Å². The van der Waals surface area contributed by atoms with Crippen molar-refractivity contribution in [3.8, 4) is 0 Å². The molecule has 2 N–H and O–H groups in total. The maximum absolute atomic E-state index is 12.1. The van der Waals surface area contributed by atoms with Gasteiger partial charge in [-0.1, -0.05) is 0 Å². The summed E-state index contributed by atoms with van der Waals surface area (Å²) in [7, 11) is 1.86. The van der Waals surface area contributed by atoms with Crippen molar-refractivity contribution in [2.75, 3.05) is 26.8 Å². The number of aliphatic hydroxyl groups is 1. The highest BCUT2D eigenvalue weighted by molar-refractivity contribution is 5.74. The van der Waals surface area contributed by atoms with Crippen LogP contribution in [-0.2, 0) is 4.74 Å². The van der Waals surface area contributed by atoms with E-state index in [1.807, 2.05) is 7.05 Å². The largest absolute Gasteiger partial charge is 0.393 e. The number of carbonyl (C=O) groups excluding carboxylic acids is 1. The lowest BCUT2D eigenvalue weighted by molar-refractivity contribution is 0.0581. The SMILES string of the molecule is CN(CC1CCOCC1)C(=O)NC1CCC(O)CC1. The highest BCUT2D eigenvalue weighted by Gasteiger charge is 2.23. The number of hydrogen-bond acceptors (Lipinski definition) is 3. The van der Waals surface area contributed by atoms with Crippen LogP contribution < -0.4 is 5.32 Å². The quantitative estimate of drug-likeness (QED) is 0.814. The predicted octanol–water partition coefficient (Wildman–Crippen LogP) is 1.36. The summed E-state index contributed by atoms with van der Waals surface area (Å²) in [5.41, 5.74) is 0. The third-order valence-electron chi connectivity index (χ3n) is 4.24. The zero-order valence-electron chi connectivity index (χ0n) is 11.8. The van der Waals surface area contributed by atoms with Crippen LogP contribution in [0, 0.1) is 5.92 Å². The molecule has 1 aliphatic carbocycles. The summed E-state index contributed by atoms with van der Waals surface area (Å²) in [6.07, 6.45) is 5.30. The molecule has 0 aromatic carbocycles. The molecule has 0 aromatic rings. The first kappa shape index (κ1) is 14.6. The van der Waals surface area contributed by atoms with Gasteiger partial charge in [0.15, 0.2) is 0 Å². The van der Waals surface area contributed by atoms with Crippen molar-refractivity contribution in [2.45, 2.75) is 50.7 Å². The van der Waals surface area contributed by atoms with E-state index >= 15 is 0 Å². The summed E-state index contributed by atoms with van der Waals surface area (Å²) in [6, 6.07) is 0.251. The average Bonchev–Trinajstić information content (AvgIpc) is 2.42. The Kier molecular flexibility index (Phi) is 5.45. The van der Waals surface area contributed by atoms with E-state index in [1.165, 1.54) is 0 Å². The number of nitrogens with zero attached hydrogens (tertiary/aromatic N) is 1. The monoisotopic (exact) mass is 270 g/mol. The van der Waals surface area contributed by atoms with Crippen LogP contribution in [0.4, 0.5) is 4.79 Å². The topological polar surface area (TPSA) is 61.8 Å². The Morgan fingerprint density at radius 3 is 2.47 bits per heavy atom. The first-order valence-electron chi connectivity index (χ1n) is 7.42. The van der Waals surface area contributed by atoms with Gasteiger partial charge in [0.25, 0.3) is 0 Å². The van der Waals surface area contributed by atoms with Crippen molar-refractivity contribution in [3.63, 3.8) is 0 Å². The van der Waals surface area contributed by atoms with Gasteiger partial charge in [-0.05, 0) is 44.4 Å². The Balaban J connectivity index is 1.69. The van der Waals surface area contributed by atoms with Gasteiger partial charge in [0.1, 0.15) is 0 Å². The van der Waals surface area contributed by atoms with Crippen molar-refractivity contribution in [1.82, 2.24) is 10.2 Å². The van der Waals surface area contributed by atoms with Gasteiger partial charge in [-0.2, -0.15) is 0 Å². The average molecular weight is 270 g/mol. The number of urea groups is 1. The summed E-state index contributed by atoms with van der Waals surface area (Å²) in [6.45, 7) is 2.45. The van der Waals surface area contributed by atoms with Crippen LogP contribution in [0.5, 0.6) is 0 Å². The molecule has 0 radical (unpaired) electrons. The van der Waals surface area contributed by atoms with Crippen LogP contribution in [0.3, 0.4) is 0 Å². The molecule has 0 unspecified atom stereocenters. The van der Waals surface area contributed by atoms with Gasteiger partial charge in [-0.15, -0.1) is 0 Å². The van der Waals surface area contributed by atoms with Crippen LogP contribution in [0.1, 0.15) is 38.5 Å². The number of nitrogens with one attached hydrogen (secondary N) is 1. The number of aliphatic hydroxyl groups excluding tert-OH is 1. The molecule has 2 amide bonds. The van der Waals surface area contributed by atoms with Gasteiger partial charge < -0.3 is 20.1 Å². The molecule has 1 heterocycles. The minimum atomic E-state index is -0.173. The minimum absolute atomic E-state index is 0.0212. The van der Waals surface area contributed by atoms with Crippen molar-refractivity contribution in [1.29, 1.82) is 0 Å². The molecule has 1 saturated heterocycles. The van der Waals surface area contributed by atoms with Gasteiger partial charge in [0, 0.05) is 32.8 Å². The summed E-state index contributed by atoms with van der Waals surface area (Å²) in [5, 5.41) is 12.5. The van der Waals surface area contributed by atoms with Crippen LogP contribution in [0.25, 0.3) is 0 Å². The number of amides is 2. The molecule has 0 bridgehead atoms. The van der Waals surface area contributed by atoms with Crippen LogP contribution in [0.2, 0.25) is 0 Å². The Hall–Kier alpha value is -0.810. The molecule has 5 nitrogen and oxygen atoms in total. The Labute approximate surface area is 115 Å². The first-order valence-corrected chi connectivity index (χ1v) is 7.42. The highest BCUT2D eigenvalue weighted by Crippen LogP contribution is 2.19. The zero-order valence-corrected chi connectivity index (χ0v) is 11.8. The third-order valence-corrected chi connectivity index (χ3v) is 4.24. The van der Waals surface area contributed by atoms with Gasteiger partial charge in [0.05, 0.1) is 6.10 Å². The smallest absolute Gasteiger partial charge is 0.317 e. The van der Waals surface area contributed by atoms with Crippen LogP contribution in [0.15, 0.2) is 0 Å². The maximum atomic E-state index is 12.1. The lowest BCUT2D eigenvalue weighted by Gasteiger charge is -2.30. The normalized spacial score (nSPS) is 28.9. The molecular weight excluding hydrogens is 244 g/mol. The van der Waals surface area contributed by atoms with Crippen LogP contribution in [-0.4, -0.2) is 55.0 Å². The number of rotatable bonds is 3. The number of carbonyl (C=O) groups is 1. The second-order valence-corrected chi connectivity index (χ2v) is 5.89. The molecule has 110 valence electrons. The highest BCUT2D eigenvalue weighted by atomic mass is 16.5. The molecular formula is C14H26N2O3. The number of ether oxygens (including phenoxy) is 1. The van der Waals surface area contributed by atoms with Gasteiger partial charge in [-0.3, -0.25) is 0 Å². The standard InChI is InChI=1S/C14H26N2O3/c1-16(10-11-6-8-19-9-7-11)14(18)15-12-2-4-13(17)5-3-12/h11-13,17H,2-10H2,1H3,(H,15,18). The molecule has 2 fully saturated rings. The lowest BCUT2D eigenvalue weighted by atomic mass is 9.93. The van der Waals surface area contributed by atoms with Gasteiger partial charge in [-0.25, -0.2) is 4.79 Å². The first-order chi connectivity index (χ1) is 9.15. The Morgan fingerprint density at radius 2 is 1.84 bits per heavy atom. The Bertz CT molecular complexity index is 284. The molecule has 1 saturated carbocycles.